The van der Waals surface area contributed by atoms with Crippen LogP contribution in [0.1, 0.15) is 34.6 Å². The number of hydrogen-bond acceptors (Lipinski definition) is 7. The van der Waals surface area contributed by atoms with Crippen molar-refractivity contribution in [3.63, 3.8) is 0 Å². The SMILES string of the molecule is CC(C)(CNC(=O)c1cc(F)cc(B(O)O)c1)CN(CC(=O)O)C(=O)c1cc(F)cc(B(O)O)c1. The molecule has 10 nitrogen and oxygen atoms in total. The van der Waals surface area contributed by atoms with Gasteiger partial charge in [0, 0.05) is 24.2 Å². The molecule has 35 heavy (non-hydrogen) atoms. The second-order valence-electron chi connectivity index (χ2n) is 8.70. The van der Waals surface area contributed by atoms with Crippen LogP contribution >= 0.6 is 0 Å². The maximum absolute atomic E-state index is 13.9. The quantitative estimate of drug-likeness (QED) is 0.214. The number of hydrogen-bond donors (Lipinski definition) is 6. The summed E-state index contributed by atoms with van der Waals surface area (Å²) in [4.78, 5) is 37.7. The van der Waals surface area contributed by atoms with Gasteiger partial charge >= 0.3 is 20.2 Å². The van der Waals surface area contributed by atoms with Crippen molar-refractivity contribution in [3.05, 3.63) is 59.2 Å². The van der Waals surface area contributed by atoms with Crippen LogP contribution in [0.3, 0.4) is 0 Å². The minimum absolute atomic E-state index is 0.105. The Bertz CT molecular complexity index is 1110. The minimum atomic E-state index is -2.05. The number of amides is 2. The van der Waals surface area contributed by atoms with Crippen LogP contribution in [0.4, 0.5) is 8.78 Å². The first kappa shape index (κ1) is 27.9. The van der Waals surface area contributed by atoms with Gasteiger partial charge in [0.25, 0.3) is 11.8 Å². The molecule has 0 saturated carbocycles. The molecule has 0 aliphatic heterocycles. The van der Waals surface area contributed by atoms with E-state index in [0.717, 1.165) is 41.3 Å². The lowest BCUT2D eigenvalue weighted by atomic mass is 9.79. The summed E-state index contributed by atoms with van der Waals surface area (Å²) in [6.45, 7) is 2.14. The number of carboxylic acid groups (broad SMARTS) is 1. The first-order valence-electron chi connectivity index (χ1n) is 10.3. The highest BCUT2D eigenvalue weighted by Gasteiger charge is 2.29. The number of benzene rings is 2. The lowest BCUT2D eigenvalue weighted by Crippen LogP contribution is -2.46. The number of carbonyl (C=O) groups excluding carboxylic acids is 2. The Morgan fingerprint density at radius 1 is 0.886 bits per heavy atom. The van der Waals surface area contributed by atoms with Crippen LogP contribution in [0, 0.1) is 17.0 Å². The van der Waals surface area contributed by atoms with Crippen LogP contribution < -0.4 is 16.2 Å². The molecule has 2 aromatic carbocycles. The predicted octanol–water partition coefficient (Wildman–Crippen LogP) is -1.69. The van der Waals surface area contributed by atoms with Crippen LogP contribution in [-0.2, 0) is 4.79 Å². The Labute approximate surface area is 200 Å². The van der Waals surface area contributed by atoms with Gasteiger partial charge in [-0.1, -0.05) is 13.8 Å². The van der Waals surface area contributed by atoms with E-state index in [9.17, 15) is 48.4 Å². The topological polar surface area (TPSA) is 168 Å². The van der Waals surface area contributed by atoms with Crippen molar-refractivity contribution in [1.29, 1.82) is 0 Å². The first-order valence-corrected chi connectivity index (χ1v) is 10.3. The fraction of sp³-hybridized carbons (Fsp3) is 0.286. The zero-order valence-electron chi connectivity index (χ0n) is 18.9. The molecule has 0 atom stereocenters. The van der Waals surface area contributed by atoms with Gasteiger partial charge in [-0.05, 0) is 52.7 Å². The average molecular weight is 492 g/mol. The molecule has 0 aliphatic carbocycles. The lowest BCUT2D eigenvalue weighted by Gasteiger charge is -2.32. The molecule has 0 unspecified atom stereocenters. The van der Waals surface area contributed by atoms with E-state index in [1.807, 2.05) is 0 Å². The average Bonchev–Trinajstić information content (AvgIpc) is 2.75. The highest BCUT2D eigenvalue weighted by Crippen LogP contribution is 2.19. The Kier molecular flexibility index (Phi) is 9.10. The van der Waals surface area contributed by atoms with Crippen LogP contribution in [0.2, 0.25) is 0 Å². The fourth-order valence-corrected chi connectivity index (χ4v) is 3.32. The third kappa shape index (κ3) is 8.14. The summed E-state index contributed by atoms with van der Waals surface area (Å²) < 4.78 is 27.6. The van der Waals surface area contributed by atoms with Crippen molar-refractivity contribution in [3.8, 4) is 0 Å². The Balaban J connectivity index is 2.19. The molecule has 0 radical (unpaired) electrons. The molecule has 0 fully saturated rings. The van der Waals surface area contributed by atoms with E-state index in [1.54, 1.807) is 13.8 Å². The number of nitrogens with zero attached hydrogens (tertiary/aromatic N) is 1. The van der Waals surface area contributed by atoms with Gasteiger partial charge in [0.1, 0.15) is 18.2 Å². The number of halogens is 2. The maximum Gasteiger partial charge on any atom is 0.488 e. The van der Waals surface area contributed by atoms with E-state index >= 15 is 0 Å². The summed E-state index contributed by atoms with van der Waals surface area (Å²) >= 11 is 0. The number of nitrogens with one attached hydrogen (secondary N) is 1. The molecule has 2 rings (SSSR count). The molecule has 0 heterocycles. The van der Waals surface area contributed by atoms with E-state index in [2.05, 4.69) is 5.32 Å². The summed E-state index contributed by atoms with van der Waals surface area (Å²) in [5, 5.41) is 48.8. The molecule has 0 aliphatic rings. The minimum Gasteiger partial charge on any atom is -0.480 e. The van der Waals surface area contributed by atoms with E-state index < -0.39 is 55.6 Å². The van der Waals surface area contributed by atoms with E-state index in [0.29, 0.717) is 0 Å². The van der Waals surface area contributed by atoms with Crippen LogP contribution in [0.15, 0.2) is 36.4 Å². The monoisotopic (exact) mass is 492 g/mol. The van der Waals surface area contributed by atoms with E-state index in [1.165, 1.54) is 0 Å². The normalized spacial score (nSPS) is 11.1. The zero-order valence-corrected chi connectivity index (χ0v) is 18.9. The molecule has 0 aromatic heterocycles. The van der Waals surface area contributed by atoms with Crippen LogP contribution in [0.25, 0.3) is 0 Å². The molecule has 186 valence electrons. The smallest absolute Gasteiger partial charge is 0.480 e. The lowest BCUT2D eigenvalue weighted by molar-refractivity contribution is -0.138. The molecule has 0 bridgehead atoms. The van der Waals surface area contributed by atoms with E-state index in [4.69, 9.17) is 0 Å². The highest BCUT2D eigenvalue weighted by atomic mass is 19.1. The van der Waals surface area contributed by atoms with Crippen molar-refractivity contribution in [2.45, 2.75) is 13.8 Å². The van der Waals surface area contributed by atoms with Gasteiger partial charge in [0.05, 0.1) is 0 Å². The highest BCUT2D eigenvalue weighted by molar-refractivity contribution is 6.59. The molecular formula is C21H24B2F2N2O8. The van der Waals surface area contributed by atoms with Gasteiger partial charge in [-0.2, -0.15) is 0 Å². The summed E-state index contributed by atoms with van der Waals surface area (Å²) in [5.41, 5.74) is -1.94. The summed E-state index contributed by atoms with van der Waals surface area (Å²) in [6, 6.07) is 5.51. The van der Waals surface area contributed by atoms with Crippen molar-refractivity contribution < 1.29 is 48.4 Å². The second kappa shape index (κ2) is 11.4. The molecule has 14 heteroatoms. The zero-order chi connectivity index (χ0) is 26.5. The Morgan fingerprint density at radius 3 is 1.86 bits per heavy atom. The van der Waals surface area contributed by atoms with Crippen molar-refractivity contribution in [2.24, 2.45) is 5.41 Å². The first-order chi connectivity index (χ1) is 16.2. The number of carbonyl (C=O) groups is 3. The molecule has 0 spiro atoms. The van der Waals surface area contributed by atoms with Gasteiger partial charge < -0.3 is 35.4 Å². The third-order valence-electron chi connectivity index (χ3n) is 4.91. The van der Waals surface area contributed by atoms with Crippen molar-refractivity contribution in [1.82, 2.24) is 10.2 Å². The van der Waals surface area contributed by atoms with Gasteiger partial charge in [-0.25, -0.2) is 8.78 Å². The largest absolute Gasteiger partial charge is 0.488 e. The number of carboxylic acids is 1. The van der Waals surface area contributed by atoms with Gasteiger partial charge in [0.15, 0.2) is 0 Å². The fourth-order valence-electron chi connectivity index (χ4n) is 3.32. The number of rotatable bonds is 10. The Morgan fingerprint density at radius 2 is 1.37 bits per heavy atom. The predicted molar refractivity (Wildman–Crippen MR) is 122 cm³/mol. The van der Waals surface area contributed by atoms with E-state index in [-0.39, 0.29) is 35.1 Å². The molecule has 2 amide bonds. The van der Waals surface area contributed by atoms with Gasteiger partial charge in [-0.15, -0.1) is 0 Å². The van der Waals surface area contributed by atoms with Gasteiger partial charge in [-0.3, -0.25) is 14.4 Å². The van der Waals surface area contributed by atoms with Gasteiger partial charge in [0.2, 0.25) is 0 Å². The summed E-state index contributed by atoms with van der Waals surface area (Å²) in [6.07, 6.45) is 0. The molecule has 6 N–H and O–H groups in total. The summed E-state index contributed by atoms with van der Waals surface area (Å²) in [5.74, 6) is -4.78. The molecule has 0 saturated heterocycles. The third-order valence-corrected chi connectivity index (χ3v) is 4.91. The standard InChI is InChI=1S/C21H24B2F2N2O8/c1-21(2,10-26-19(30)12-3-14(22(32)33)7-16(24)5-12)11-27(9-18(28)29)20(31)13-4-15(23(34)35)8-17(25)6-13/h3-8,32-35H,9-11H2,1-2H3,(H,26,30)(H,28,29). The molecular weight excluding hydrogens is 468 g/mol. The molecule has 2 aromatic rings. The number of aliphatic carboxylic acids is 1. The second-order valence-corrected chi connectivity index (χ2v) is 8.70. The van der Waals surface area contributed by atoms with Crippen molar-refractivity contribution in [2.75, 3.05) is 19.6 Å². The van der Waals surface area contributed by atoms with Crippen molar-refractivity contribution >= 4 is 42.9 Å². The summed E-state index contributed by atoms with van der Waals surface area (Å²) in [7, 11) is -4.04. The Hall–Kier alpha value is -3.32. The van der Waals surface area contributed by atoms with Crippen LogP contribution in [0.5, 0.6) is 0 Å². The van der Waals surface area contributed by atoms with Crippen LogP contribution in [-0.4, -0.2) is 81.8 Å². The maximum atomic E-state index is 13.9.